The predicted molar refractivity (Wildman–Crippen MR) is 252 cm³/mol. The van der Waals surface area contributed by atoms with E-state index in [0.29, 0.717) is 17.5 Å². The van der Waals surface area contributed by atoms with Crippen molar-refractivity contribution in [2.75, 3.05) is 0 Å². The van der Waals surface area contributed by atoms with Crippen LogP contribution >= 0.6 is 0 Å². The number of hydrogen-bond acceptors (Lipinski definition) is 4. The van der Waals surface area contributed by atoms with E-state index in [2.05, 4.69) is 170 Å². The Morgan fingerprint density at radius 2 is 0.607 bits per heavy atom. The second kappa shape index (κ2) is 14.3. The van der Waals surface area contributed by atoms with Gasteiger partial charge in [-0.1, -0.05) is 170 Å². The van der Waals surface area contributed by atoms with Crippen molar-refractivity contribution in [3.8, 4) is 67.5 Å². The van der Waals surface area contributed by atoms with Gasteiger partial charge in [0.25, 0.3) is 0 Å². The molecule has 4 nitrogen and oxygen atoms in total. The van der Waals surface area contributed by atoms with E-state index in [0.717, 1.165) is 60.9 Å². The molecule has 0 fully saturated rings. The zero-order valence-corrected chi connectivity index (χ0v) is 33.0. The van der Waals surface area contributed by atoms with Gasteiger partial charge >= 0.3 is 0 Å². The minimum atomic E-state index is 0.584. The largest absolute Gasteiger partial charge is 0.456 e. The van der Waals surface area contributed by atoms with Gasteiger partial charge in [-0.15, -0.1) is 0 Å². The van der Waals surface area contributed by atoms with Crippen molar-refractivity contribution in [1.29, 1.82) is 0 Å². The molecule has 0 saturated heterocycles. The third-order valence-electron chi connectivity index (χ3n) is 11.9. The van der Waals surface area contributed by atoms with Gasteiger partial charge in [-0.3, -0.25) is 0 Å². The number of aromatic nitrogens is 3. The maximum atomic E-state index is 6.43. The zero-order valence-electron chi connectivity index (χ0n) is 33.0. The van der Waals surface area contributed by atoms with Crippen LogP contribution in [0.4, 0.5) is 0 Å². The summed E-state index contributed by atoms with van der Waals surface area (Å²) >= 11 is 0. The van der Waals surface area contributed by atoms with E-state index < -0.39 is 0 Å². The molecule has 0 bridgehead atoms. The average molecular weight is 778 g/mol. The number of nitrogens with zero attached hydrogens (tertiary/aromatic N) is 3. The Morgan fingerprint density at radius 3 is 1.25 bits per heavy atom. The van der Waals surface area contributed by atoms with Crippen LogP contribution in [0.2, 0.25) is 0 Å². The molecule has 12 aromatic rings. The summed E-state index contributed by atoms with van der Waals surface area (Å²) in [7, 11) is 0. The minimum absolute atomic E-state index is 0.584. The first-order chi connectivity index (χ1) is 30.2. The number of benzene rings is 10. The lowest BCUT2D eigenvalue weighted by atomic mass is 9.91. The molecule has 4 heteroatoms. The first kappa shape index (κ1) is 34.8. The Hall–Kier alpha value is -8.21. The highest BCUT2D eigenvalue weighted by molar-refractivity contribution is 6.25. The summed E-state index contributed by atoms with van der Waals surface area (Å²) in [5.74, 6) is 1.80. The fourth-order valence-electron chi connectivity index (χ4n) is 8.88. The van der Waals surface area contributed by atoms with Gasteiger partial charge < -0.3 is 4.42 Å². The third kappa shape index (κ3) is 6.12. The summed E-state index contributed by atoms with van der Waals surface area (Å²) in [4.78, 5) is 15.2. The lowest BCUT2D eigenvalue weighted by Gasteiger charge is -2.13. The van der Waals surface area contributed by atoms with E-state index in [9.17, 15) is 0 Å². The SMILES string of the molecule is c1ccc(-c2ccc3oc4cc(-c5nc(-c6ccccc6)nc(-c6cccc(-c7cccc(-c8ccc9c%10ccccc%10c%10ccccc%10c9c8)c7)c6)n5)ccc4c3c2)cc1. The first-order valence-corrected chi connectivity index (χ1v) is 20.6. The first-order valence-electron chi connectivity index (χ1n) is 20.6. The highest BCUT2D eigenvalue weighted by Gasteiger charge is 2.16. The van der Waals surface area contributed by atoms with Crippen LogP contribution in [0.3, 0.4) is 0 Å². The molecule has 0 radical (unpaired) electrons. The van der Waals surface area contributed by atoms with Gasteiger partial charge in [0, 0.05) is 27.5 Å². The van der Waals surface area contributed by atoms with Crippen LogP contribution in [0.25, 0.3) is 122 Å². The molecule has 10 aromatic carbocycles. The molecule has 0 saturated carbocycles. The number of hydrogen-bond donors (Lipinski definition) is 0. The molecule has 61 heavy (non-hydrogen) atoms. The second-order valence-electron chi connectivity index (χ2n) is 15.6. The fraction of sp³-hybridized carbons (Fsp3) is 0. The van der Waals surface area contributed by atoms with Crippen molar-refractivity contribution in [2.24, 2.45) is 0 Å². The van der Waals surface area contributed by atoms with E-state index >= 15 is 0 Å². The highest BCUT2D eigenvalue weighted by atomic mass is 16.3. The monoisotopic (exact) mass is 777 g/mol. The molecule has 284 valence electrons. The summed E-state index contributed by atoms with van der Waals surface area (Å²) in [5.41, 5.74) is 11.2. The van der Waals surface area contributed by atoms with E-state index in [1.54, 1.807) is 0 Å². The Labute approximate surface area is 352 Å². The molecule has 0 unspecified atom stereocenters. The van der Waals surface area contributed by atoms with Crippen LogP contribution < -0.4 is 0 Å². The van der Waals surface area contributed by atoms with Crippen LogP contribution in [0, 0.1) is 0 Å². The van der Waals surface area contributed by atoms with Gasteiger partial charge in [-0.2, -0.15) is 0 Å². The normalized spacial score (nSPS) is 11.6. The second-order valence-corrected chi connectivity index (χ2v) is 15.6. The van der Waals surface area contributed by atoms with Gasteiger partial charge in [0.2, 0.25) is 0 Å². The molecule has 0 amide bonds. The van der Waals surface area contributed by atoms with E-state index in [1.165, 1.54) is 43.4 Å². The maximum Gasteiger partial charge on any atom is 0.164 e. The van der Waals surface area contributed by atoms with Gasteiger partial charge in [0.1, 0.15) is 11.2 Å². The summed E-state index contributed by atoms with van der Waals surface area (Å²) in [5, 5.41) is 9.76. The van der Waals surface area contributed by atoms with Crippen molar-refractivity contribution >= 4 is 54.3 Å². The quantitative estimate of drug-likeness (QED) is 0.158. The molecule has 2 heterocycles. The van der Waals surface area contributed by atoms with Crippen LogP contribution in [0.1, 0.15) is 0 Å². The molecule has 0 aliphatic rings. The molecule has 0 aliphatic heterocycles. The van der Waals surface area contributed by atoms with Crippen LogP contribution in [-0.2, 0) is 0 Å². The molecule has 0 atom stereocenters. The number of rotatable bonds is 6. The van der Waals surface area contributed by atoms with E-state index in [4.69, 9.17) is 19.4 Å². The maximum absolute atomic E-state index is 6.43. The van der Waals surface area contributed by atoms with E-state index in [-0.39, 0.29) is 0 Å². The molecular weight excluding hydrogens is 743 g/mol. The summed E-state index contributed by atoms with van der Waals surface area (Å²) < 4.78 is 6.43. The molecule has 0 N–H and O–H groups in total. The predicted octanol–water partition coefficient (Wildman–Crippen LogP) is 15.2. The smallest absolute Gasteiger partial charge is 0.164 e. The molecular formula is C57H35N3O. The summed E-state index contributed by atoms with van der Waals surface area (Å²) in [6.07, 6.45) is 0. The summed E-state index contributed by atoms with van der Waals surface area (Å²) in [6, 6.07) is 74.8. The van der Waals surface area contributed by atoms with Gasteiger partial charge in [0.15, 0.2) is 17.5 Å². The fourth-order valence-corrected chi connectivity index (χ4v) is 8.88. The Kier molecular flexibility index (Phi) is 8.13. The van der Waals surface area contributed by atoms with Gasteiger partial charge in [-0.05, 0) is 108 Å². The standard InChI is InChI=1S/C57H35N3O/c1-3-13-36(14-4-1)41-27-30-53-52(34-41)50-29-26-44(35-54(50)61-53)57-59-55(37-15-5-2-6-16-37)58-56(60-57)43-20-12-19-40(32-43)38-17-11-18-39(31-38)42-25-28-49-47-23-8-7-21-45(47)46-22-9-10-24-48(46)51(49)33-42/h1-35H. The Bertz CT molecular complexity index is 3610. The van der Waals surface area contributed by atoms with Crippen LogP contribution in [0.15, 0.2) is 217 Å². The molecule has 12 rings (SSSR count). The zero-order chi connectivity index (χ0) is 40.3. The topological polar surface area (TPSA) is 51.8 Å². The van der Waals surface area contributed by atoms with Crippen molar-refractivity contribution in [2.45, 2.75) is 0 Å². The Morgan fingerprint density at radius 1 is 0.213 bits per heavy atom. The van der Waals surface area contributed by atoms with Gasteiger partial charge in [0.05, 0.1) is 0 Å². The number of fused-ring (bicyclic) bond motifs is 9. The van der Waals surface area contributed by atoms with Crippen molar-refractivity contribution in [3.63, 3.8) is 0 Å². The third-order valence-corrected chi connectivity index (χ3v) is 11.9. The average Bonchev–Trinajstić information content (AvgIpc) is 3.72. The van der Waals surface area contributed by atoms with Crippen molar-refractivity contribution in [3.05, 3.63) is 212 Å². The minimum Gasteiger partial charge on any atom is -0.456 e. The molecule has 0 aliphatic carbocycles. The van der Waals surface area contributed by atoms with Crippen LogP contribution in [0.5, 0.6) is 0 Å². The summed E-state index contributed by atoms with van der Waals surface area (Å²) in [6.45, 7) is 0. The lowest BCUT2D eigenvalue weighted by molar-refractivity contribution is 0.669. The number of furan rings is 1. The van der Waals surface area contributed by atoms with Crippen molar-refractivity contribution in [1.82, 2.24) is 15.0 Å². The highest BCUT2D eigenvalue weighted by Crippen LogP contribution is 2.39. The Balaban J connectivity index is 0.934. The lowest BCUT2D eigenvalue weighted by Crippen LogP contribution is -2.00. The van der Waals surface area contributed by atoms with Gasteiger partial charge in [-0.25, -0.2) is 15.0 Å². The van der Waals surface area contributed by atoms with E-state index in [1.807, 2.05) is 42.5 Å². The molecule has 2 aromatic heterocycles. The molecule has 0 spiro atoms. The van der Waals surface area contributed by atoms with Crippen LogP contribution in [-0.4, -0.2) is 15.0 Å². The van der Waals surface area contributed by atoms with Crippen molar-refractivity contribution < 1.29 is 4.42 Å².